The number of hydrogen-bond donors (Lipinski definition) is 0. The Labute approximate surface area is 258 Å². The van der Waals surface area contributed by atoms with Gasteiger partial charge in [-0.25, -0.2) is 5.01 Å². The predicted molar refractivity (Wildman–Crippen MR) is 187 cm³/mol. The monoisotopic (exact) mass is 562 g/mol. The minimum Gasteiger partial charge on any atom is -0.234 e. The van der Waals surface area contributed by atoms with Crippen LogP contribution in [0.25, 0.3) is 11.6 Å². The molecule has 0 unspecified atom stereocenters. The lowest BCUT2D eigenvalue weighted by atomic mass is 9.91. The summed E-state index contributed by atoms with van der Waals surface area (Å²) >= 11 is 0. The van der Waals surface area contributed by atoms with Crippen LogP contribution in [0.3, 0.4) is 0 Å². The quantitative estimate of drug-likeness (QED) is 0.0991. The highest BCUT2D eigenvalue weighted by atomic mass is 15.5. The third-order valence-electron chi connectivity index (χ3n) is 7.84. The second kappa shape index (κ2) is 13.5. The van der Waals surface area contributed by atoms with Crippen molar-refractivity contribution < 1.29 is 0 Å². The molecule has 0 saturated carbocycles. The Kier molecular flexibility index (Phi) is 9.37. The second-order valence-corrected chi connectivity index (χ2v) is 12.0. The van der Waals surface area contributed by atoms with Crippen molar-refractivity contribution in [1.82, 2.24) is 0 Å². The lowest BCUT2D eigenvalue weighted by molar-refractivity contribution is 0.866. The van der Waals surface area contributed by atoms with Crippen molar-refractivity contribution in [3.63, 3.8) is 0 Å². The Bertz CT molecular complexity index is 1600. The van der Waals surface area contributed by atoms with Crippen molar-refractivity contribution in [3.8, 4) is 0 Å². The predicted octanol–water partition coefficient (Wildman–Crippen LogP) is 11.3. The van der Waals surface area contributed by atoms with Crippen molar-refractivity contribution in [1.29, 1.82) is 0 Å². The molecule has 0 saturated heterocycles. The molecule has 0 radical (unpaired) electrons. The molecule has 0 bridgehead atoms. The number of aryl methyl sites for hydroxylation is 2. The first-order valence-corrected chi connectivity index (χ1v) is 15.3. The van der Waals surface area contributed by atoms with E-state index in [1.165, 1.54) is 39.0 Å². The Morgan fingerprint density at radius 1 is 0.558 bits per heavy atom. The number of rotatable bonds is 9. The fourth-order valence-electron chi connectivity index (χ4n) is 5.20. The van der Waals surface area contributed by atoms with E-state index in [0.29, 0.717) is 11.8 Å². The van der Waals surface area contributed by atoms with Gasteiger partial charge in [0.1, 0.15) is 0 Å². The standard InChI is InChI=1S/C41H42N2/c1-29(2)35-17-21-37(22-18-35)41(38-23-19-36(20-24-38)30(3)4)27-33-13-15-34(16-14-33)28-42-43(39-11-7-9-31(5)25-39)40-12-8-10-32(6)26-40/h7-30H,1-6H3. The molecular formula is C41H42N2. The van der Waals surface area contributed by atoms with Crippen LogP contribution in [-0.4, -0.2) is 6.21 Å². The van der Waals surface area contributed by atoms with Crippen molar-refractivity contribution in [2.75, 3.05) is 5.01 Å². The molecule has 0 N–H and O–H groups in total. The summed E-state index contributed by atoms with van der Waals surface area (Å²) in [4.78, 5) is 0. The number of anilines is 2. The number of benzene rings is 5. The van der Waals surface area contributed by atoms with E-state index in [2.05, 4.69) is 169 Å². The van der Waals surface area contributed by atoms with Crippen molar-refractivity contribution in [2.24, 2.45) is 5.10 Å². The molecule has 0 amide bonds. The van der Waals surface area contributed by atoms with Crippen molar-refractivity contribution in [3.05, 3.63) is 166 Å². The van der Waals surface area contributed by atoms with Crippen LogP contribution in [0.1, 0.15) is 84.0 Å². The molecule has 0 spiro atoms. The smallest absolute Gasteiger partial charge is 0.0655 e. The summed E-state index contributed by atoms with van der Waals surface area (Å²) in [6, 6.07) is 43.6. The average Bonchev–Trinajstić information content (AvgIpc) is 3.01. The lowest BCUT2D eigenvalue weighted by Crippen LogP contribution is -2.09. The summed E-state index contributed by atoms with van der Waals surface area (Å²) in [5, 5.41) is 6.95. The number of nitrogens with zero attached hydrogens (tertiary/aromatic N) is 2. The first kappa shape index (κ1) is 29.8. The van der Waals surface area contributed by atoms with Crippen LogP contribution in [0.2, 0.25) is 0 Å². The van der Waals surface area contributed by atoms with Gasteiger partial charge in [0.25, 0.3) is 0 Å². The van der Waals surface area contributed by atoms with Crippen LogP contribution in [0.4, 0.5) is 11.4 Å². The maximum Gasteiger partial charge on any atom is 0.0655 e. The van der Waals surface area contributed by atoms with Gasteiger partial charge < -0.3 is 0 Å². The zero-order valence-corrected chi connectivity index (χ0v) is 26.3. The number of hydrazone groups is 1. The van der Waals surface area contributed by atoms with Crippen LogP contribution in [0, 0.1) is 13.8 Å². The molecule has 2 nitrogen and oxygen atoms in total. The average molecular weight is 563 g/mol. The van der Waals surface area contributed by atoms with E-state index >= 15 is 0 Å². The largest absolute Gasteiger partial charge is 0.234 e. The molecular weight excluding hydrogens is 520 g/mol. The third-order valence-corrected chi connectivity index (χ3v) is 7.84. The van der Waals surface area contributed by atoms with Gasteiger partial charge >= 0.3 is 0 Å². The van der Waals surface area contributed by atoms with Crippen molar-refractivity contribution in [2.45, 2.75) is 53.4 Å². The van der Waals surface area contributed by atoms with Gasteiger partial charge in [-0.05, 0) is 106 Å². The first-order valence-electron chi connectivity index (χ1n) is 15.3. The zero-order valence-electron chi connectivity index (χ0n) is 26.3. The molecule has 0 aromatic heterocycles. The highest BCUT2D eigenvalue weighted by Crippen LogP contribution is 2.30. The second-order valence-electron chi connectivity index (χ2n) is 12.0. The summed E-state index contributed by atoms with van der Waals surface area (Å²) in [6.45, 7) is 13.2. The molecule has 0 aliphatic carbocycles. The summed E-state index contributed by atoms with van der Waals surface area (Å²) in [5.74, 6) is 1.02. The fourth-order valence-corrected chi connectivity index (χ4v) is 5.20. The maximum atomic E-state index is 4.94. The molecule has 216 valence electrons. The molecule has 0 aliphatic rings. The molecule has 0 atom stereocenters. The Hall–Kier alpha value is -4.69. The van der Waals surface area contributed by atoms with Crippen molar-refractivity contribution >= 4 is 29.2 Å². The normalized spacial score (nSPS) is 11.3. The highest BCUT2D eigenvalue weighted by molar-refractivity contribution is 5.92. The fraction of sp³-hybridized carbons (Fsp3) is 0.195. The van der Waals surface area contributed by atoms with Gasteiger partial charge in [-0.1, -0.05) is 125 Å². The third kappa shape index (κ3) is 7.59. The SMILES string of the molecule is Cc1cccc(N(N=Cc2ccc(C=C(c3ccc(C(C)C)cc3)c3ccc(C(C)C)cc3)cc2)c2cccc(C)c2)c1. The van der Waals surface area contributed by atoms with Gasteiger partial charge in [-0.3, -0.25) is 0 Å². The van der Waals surface area contributed by atoms with Gasteiger partial charge in [0.15, 0.2) is 0 Å². The van der Waals surface area contributed by atoms with E-state index in [9.17, 15) is 0 Å². The van der Waals surface area contributed by atoms with Gasteiger partial charge in [0.2, 0.25) is 0 Å². The number of hydrogen-bond acceptors (Lipinski definition) is 2. The van der Waals surface area contributed by atoms with Gasteiger partial charge in [0, 0.05) is 0 Å². The van der Waals surface area contributed by atoms with Crippen LogP contribution >= 0.6 is 0 Å². The molecule has 0 fully saturated rings. The summed E-state index contributed by atoms with van der Waals surface area (Å²) in [5.41, 5.74) is 13.1. The van der Waals surface area contributed by atoms with Gasteiger partial charge in [-0.2, -0.15) is 5.10 Å². The molecule has 0 aliphatic heterocycles. The maximum absolute atomic E-state index is 4.94. The minimum absolute atomic E-state index is 0.508. The van der Waals surface area contributed by atoms with Crippen LogP contribution in [-0.2, 0) is 0 Å². The van der Waals surface area contributed by atoms with E-state index < -0.39 is 0 Å². The Morgan fingerprint density at radius 3 is 1.42 bits per heavy atom. The minimum atomic E-state index is 0.508. The van der Waals surface area contributed by atoms with E-state index in [-0.39, 0.29) is 0 Å². The summed E-state index contributed by atoms with van der Waals surface area (Å²) in [7, 11) is 0. The van der Waals surface area contributed by atoms with Gasteiger partial charge in [0.05, 0.1) is 17.6 Å². The molecule has 5 aromatic rings. The molecule has 5 rings (SSSR count). The van der Waals surface area contributed by atoms with E-state index in [4.69, 9.17) is 5.10 Å². The molecule has 0 heterocycles. The summed E-state index contributed by atoms with van der Waals surface area (Å²) < 4.78 is 0. The molecule has 5 aromatic carbocycles. The molecule has 2 heteroatoms. The van der Waals surface area contributed by atoms with Crippen LogP contribution in [0.15, 0.2) is 126 Å². The van der Waals surface area contributed by atoms with Gasteiger partial charge in [-0.15, -0.1) is 0 Å². The van der Waals surface area contributed by atoms with Crippen LogP contribution < -0.4 is 5.01 Å². The topological polar surface area (TPSA) is 15.6 Å². The first-order chi connectivity index (χ1) is 20.8. The Morgan fingerprint density at radius 2 is 1.00 bits per heavy atom. The molecule has 43 heavy (non-hydrogen) atoms. The van der Waals surface area contributed by atoms with Crippen LogP contribution in [0.5, 0.6) is 0 Å². The Balaban J connectivity index is 1.46. The van der Waals surface area contributed by atoms with E-state index in [0.717, 1.165) is 22.5 Å². The lowest BCUT2D eigenvalue weighted by Gasteiger charge is -2.20. The highest BCUT2D eigenvalue weighted by Gasteiger charge is 2.10. The summed E-state index contributed by atoms with van der Waals surface area (Å²) in [6.07, 6.45) is 4.23. The van der Waals surface area contributed by atoms with E-state index in [1.54, 1.807) is 0 Å². The zero-order chi connectivity index (χ0) is 30.3. The van der Waals surface area contributed by atoms with E-state index in [1.807, 2.05) is 11.2 Å².